The zero-order chi connectivity index (χ0) is 20.4. The fourth-order valence-corrected chi connectivity index (χ4v) is 2.76. The Morgan fingerprint density at radius 1 is 0.964 bits per heavy atom. The van der Waals surface area contributed by atoms with Crippen molar-refractivity contribution in [3.8, 4) is 5.75 Å². The molecule has 0 atom stereocenters. The predicted molar refractivity (Wildman–Crippen MR) is 108 cm³/mol. The standard InChI is InChI=1S/C21H23NO5S/c1-26-17-7-3-15(4-8-17)13-22-20(24)14-27-21(25)12-11-19(23)16-5-9-18(28-2)10-6-16/h3-10H,11-14H2,1-2H3,(H,22,24). The molecule has 0 radical (unpaired) electrons. The van der Waals surface area contributed by atoms with Crippen LogP contribution >= 0.6 is 11.8 Å². The molecule has 28 heavy (non-hydrogen) atoms. The monoisotopic (exact) mass is 401 g/mol. The van der Waals surface area contributed by atoms with Gasteiger partial charge in [-0.05, 0) is 36.1 Å². The molecule has 2 aromatic carbocycles. The van der Waals surface area contributed by atoms with Gasteiger partial charge in [-0.3, -0.25) is 14.4 Å². The Morgan fingerprint density at radius 3 is 2.25 bits per heavy atom. The molecule has 0 aliphatic rings. The van der Waals surface area contributed by atoms with Crippen molar-refractivity contribution in [1.29, 1.82) is 0 Å². The van der Waals surface area contributed by atoms with Gasteiger partial charge in [-0.15, -0.1) is 11.8 Å². The lowest BCUT2D eigenvalue weighted by Gasteiger charge is -2.07. The number of thioether (sulfide) groups is 1. The van der Waals surface area contributed by atoms with Crippen molar-refractivity contribution in [3.05, 3.63) is 59.7 Å². The first-order chi connectivity index (χ1) is 13.5. The number of amides is 1. The highest BCUT2D eigenvalue weighted by Crippen LogP contribution is 2.16. The van der Waals surface area contributed by atoms with Gasteiger partial charge >= 0.3 is 5.97 Å². The van der Waals surface area contributed by atoms with Crippen LogP contribution in [0.3, 0.4) is 0 Å². The first-order valence-corrected chi connectivity index (χ1v) is 9.97. The maximum absolute atomic E-state index is 12.1. The van der Waals surface area contributed by atoms with E-state index in [1.54, 1.807) is 43.1 Å². The summed E-state index contributed by atoms with van der Waals surface area (Å²) in [6.45, 7) is -0.0451. The lowest BCUT2D eigenvalue weighted by atomic mass is 10.1. The van der Waals surface area contributed by atoms with E-state index in [0.717, 1.165) is 16.2 Å². The first-order valence-electron chi connectivity index (χ1n) is 8.74. The molecule has 0 heterocycles. The quantitative estimate of drug-likeness (QED) is 0.374. The molecular weight excluding hydrogens is 378 g/mol. The Kier molecular flexibility index (Phi) is 8.55. The molecular formula is C21H23NO5S. The van der Waals surface area contributed by atoms with Gasteiger partial charge in [-0.2, -0.15) is 0 Å². The summed E-state index contributed by atoms with van der Waals surface area (Å²) >= 11 is 1.59. The largest absolute Gasteiger partial charge is 0.497 e. The molecule has 0 spiro atoms. The van der Waals surface area contributed by atoms with Gasteiger partial charge in [0.25, 0.3) is 5.91 Å². The Morgan fingerprint density at radius 2 is 1.64 bits per heavy atom. The van der Waals surface area contributed by atoms with E-state index >= 15 is 0 Å². The fourth-order valence-electron chi connectivity index (χ4n) is 2.35. The number of Topliss-reactive ketones (excluding diaryl/α,β-unsaturated/α-hetero) is 1. The van der Waals surface area contributed by atoms with Crippen LogP contribution in [0.4, 0.5) is 0 Å². The number of esters is 1. The molecule has 0 saturated carbocycles. The smallest absolute Gasteiger partial charge is 0.306 e. The number of methoxy groups -OCH3 is 1. The number of carbonyl (C=O) groups is 3. The van der Waals surface area contributed by atoms with Crippen molar-refractivity contribution in [3.63, 3.8) is 0 Å². The summed E-state index contributed by atoms with van der Waals surface area (Å²) in [4.78, 5) is 36.7. The van der Waals surface area contributed by atoms with Gasteiger partial charge < -0.3 is 14.8 Å². The van der Waals surface area contributed by atoms with E-state index in [4.69, 9.17) is 9.47 Å². The fraction of sp³-hybridized carbons (Fsp3) is 0.286. The molecule has 2 aromatic rings. The molecule has 0 bridgehead atoms. The van der Waals surface area contributed by atoms with Crippen LogP contribution < -0.4 is 10.1 Å². The van der Waals surface area contributed by atoms with Crippen molar-refractivity contribution < 1.29 is 23.9 Å². The van der Waals surface area contributed by atoms with Gasteiger partial charge in [0.2, 0.25) is 0 Å². The zero-order valence-electron chi connectivity index (χ0n) is 15.9. The molecule has 2 rings (SSSR count). The summed E-state index contributed by atoms with van der Waals surface area (Å²) in [6, 6.07) is 14.5. The molecule has 7 heteroatoms. The zero-order valence-corrected chi connectivity index (χ0v) is 16.7. The third-order valence-corrected chi connectivity index (χ3v) is 4.72. The molecule has 0 aliphatic heterocycles. The van der Waals surface area contributed by atoms with E-state index in [1.165, 1.54) is 0 Å². The van der Waals surface area contributed by atoms with Gasteiger partial charge in [-0.1, -0.05) is 24.3 Å². The summed E-state index contributed by atoms with van der Waals surface area (Å²) in [5.41, 5.74) is 1.46. The molecule has 6 nitrogen and oxygen atoms in total. The summed E-state index contributed by atoms with van der Waals surface area (Å²) in [6.07, 6.45) is 1.94. The SMILES string of the molecule is COc1ccc(CNC(=O)COC(=O)CCC(=O)c2ccc(SC)cc2)cc1. The van der Waals surface area contributed by atoms with E-state index in [1.807, 2.05) is 30.5 Å². The second-order valence-electron chi connectivity index (χ2n) is 5.94. The van der Waals surface area contributed by atoms with Crippen LogP contribution in [-0.2, 0) is 20.9 Å². The molecule has 0 fully saturated rings. The summed E-state index contributed by atoms with van der Waals surface area (Å²) in [5, 5.41) is 2.67. The third-order valence-electron chi connectivity index (χ3n) is 3.98. The summed E-state index contributed by atoms with van der Waals surface area (Å²) in [5.74, 6) is -0.371. The van der Waals surface area contributed by atoms with Gasteiger partial charge in [0.15, 0.2) is 12.4 Å². The predicted octanol–water partition coefficient (Wildman–Crippen LogP) is 3.24. The van der Waals surface area contributed by atoms with Crippen LogP contribution in [0.15, 0.2) is 53.4 Å². The van der Waals surface area contributed by atoms with E-state index in [0.29, 0.717) is 12.1 Å². The van der Waals surface area contributed by atoms with Crippen LogP contribution in [0.1, 0.15) is 28.8 Å². The number of benzene rings is 2. The Balaban J connectivity index is 1.66. The Labute approximate surface area is 168 Å². The number of carbonyl (C=O) groups excluding carboxylic acids is 3. The lowest BCUT2D eigenvalue weighted by molar-refractivity contribution is -0.148. The van der Waals surface area contributed by atoms with E-state index in [2.05, 4.69) is 5.32 Å². The van der Waals surface area contributed by atoms with Crippen molar-refractivity contribution >= 4 is 29.4 Å². The van der Waals surface area contributed by atoms with Crippen LogP contribution in [0, 0.1) is 0 Å². The van der Waals surface area contributed by atoms with Gasteiger partial charge in [0.1, 0.15) is 5.75 Å². The van der Waals surface area contributed by atoms with Crippen molar-refractivity contribution in [2.75, 3.05) is 20.0 Å². The van der Waals surface area contributed by atoms with Gasteiger partial charge in [0, 0.05) is 23.4 Å². The average molecular weight is 401 g/mol. The molecule has 1 N–H and O–H groups in total. The second kappa shape index (κ2) is 11.1. The highest BCUT2D eigenvalue weighted by molar-refractivity contribution is 7.98. The van der Waals surface area contributed by atoms with Crippen molar-refractivity contribution in [1.82, 2.24) is 5.32 Å². The summed E-state index contributed by atoms with van der Waals surface area (Å²) in [7, 11) is 1.58. The molecule has 1 amide bonds. The normalized spacial score (nSPS) is 10.2. The maximum atomic E-state index is 12.1. The molecule has 148 valence electrons. The number of hydrogen-bond donors (Lipinski definition) is 1. The number of rotatable bonds is 10. The number of ketones is 1. The molecule has 0 aromatic heterocycles. The van der Waals surface area contributed by atoms with E-state index in [-0.39, 0.29) is 25.2 Å². The van der Waals surface area contributed by atoms with Gasteiger partial charge in [-0.25, -0.2) is 0 Å². The lowest BCUT2D eigenvalue weighted by Crippen LogP contribution is -2.28. The van der Waals surface area contributed by atoms with Crippen molar-refractivity contribution in [2.24, 2.45) is 0 Å². The van der Waals surface area contributed by atoms with Crippen LogP contribution in [0.25, 0.3) is 0 Å². The maximum Gasteiger partial charge on any atom is 0.306 e. The minimum absolute atomic E-state index is 0.0465. The van der Waals surface area contributed by atoms with E-state index in [9.17, 15) is 14.4 Å². The van der Waals surface area contributed by atoms with Crippen molar-refractivity contribution in [2.45, 2.75) is 24.3 Å². The highest BCUT2D eigenvalue weighted by Gasteiger charge is 2.12. The Bertz CT molecular complexity index is 803. The second-order valence-corrected chi connectivity index (χ2v) is 6.82. The molecule has 0 aliphatic carbocycles. The average Bonchev–Trinajstić information content (AvgIpc) is 2.74. The highest BCUT2D eigenvalue weighted by atomic mass is 32.2. The van der Waals surface area contributed by atoms with Crippen LogP contribution in [-0.4, -0.2) is 37.6 Å². The minimum atomic E-state index is -0.575. The number of ether oxygens (including phenoxy) is 2. The van der Waals surface area contributed by atoms with Crippen LogP contribution in [0.5, 0.6) is 5.75 Å². The number of hydrogen-bond acceptors (Lipinski definition) is 6. The molecule has 0 unspecified atom stereocenters. The molecule has 0 saturated heterocycles. The first kappa shape index (κ1) is 21.5. The topological polar surface area (TPSA) is 81.7 Å². The third kappa shape index (κ3) is 7.08. The minimum Gasteiger partial charge on any atom is -0.497 e. The Hall–Kier alpha value is -2.80. The van der Waals surface area contributed by atoms with Gasteiger partial charge in [0.05, 0.1) is 13.5 Å². The van der Waals surface area contributed by atoms with Crippen LogP contribution in [0.2, 0.25) is 0 Å². The van der Waals surface area contributed by atoms with E-state index < -0.39 is 11.9 Å². The summed E-state index contributed by atoms with van der Waals surface area (Å²) < 4.78 is 9.99. The number of nitrogens with one attached hydrogen (secondary N) is 1.